The van der Waals surface area contributed by atoms with E-state index in [2.05, 4.69) is 5.32 Å². The molecule has 0 radical (unpaired) electrons. The summed E-state index contributed by atoms with van der Waals surface area (Å²) in [6.07, 6.45) is 0.297. The van der Waals surface area contributed by atoms with Gasteiger partial charge in [0, 0.05) is 36.3 Å². The fraction of sp³-hybridized carbons (Fsp3) is 0.333. The third kappa shape index (κ3) is 4.80. The molecule has 1 aliphatic heterocycles. The summed E-state index contributed by atoms with van der Waals surface area (Å²) in [5, 5.41) is 3.65. The van der Waals surface area contributed by atoms with Gasteiger partial charge in [0.2, 0.25) is 5.91 Å². The minimum absolute atomic E-state index is 0.00165. The van der Waals surface area contributed by atoms with Gasteiger partial charge in [-0.05, 0) is 43.7 Å². The molecule has 1 N–H and O–H groups in total. The van der Waals surface area contributed by atoms with Crippen LogP contribution in [0.25, 0.3) is 0 Å². The minimum Gasteiger partial charge on any atom is -0.333 e. The van der Waals surface area contributed by atoms with Crippen LogP contribution in [0.4, 0.5) is 10.5 Å². The summed E-state index contributed by atoms with van der Waals surface area (Å²) in [6.45, 7) is 4.97. The highest BCUT2D eigenvalue weighted by atomic mass is 35.5. The molecule has 0 unspecified atom stereocenters. The normalized spacial score (nSPS) is 16.7. The van der Waals surface area contributed by atoms with Crippen LogP contribution in [0.15, 0.2) is 54.6 Å². The van der Waals surface area contributed by atoms with Gasteiger partial charge in [0.05, 0.1) is 6.04 Å². The first-order chi connectivity index (χ1) is 12.9. The van der Waals surface area contributed by atoms with Crippen molar-refractivity contribution in [1.29, 1.82) is 0 Å². The lowest BCUT2D eigenvalue weighted by molar-refractivity contribution is -0.117. The van der Waals surface area contributed by atoms with Crippen molar-refractivity contribution in [3.05, 3.63) is 65.2 Å². The van der Waals surface area contributed by atoms with E-state index in [-0.39, 0.29) is 24.0 Å². The second-order valence-electron chi connectivity index (χ2n) is 7.04. The molecule has 3 amide bonds. The largest absolute Gasteiger partial charge is 0.333 e. The molecule has 0 aliphatic carbocycles. The quantitative estimate of drug-likeness (QED) is 0.843. The molecule has 1 fully saturated rings. The van der Waals surface area contributed by atoms with E-state index in [0.29, 0.717) is 24.5 Å². The number of benzene rings is 2. The lowest BCUT2D eigenvalue weighted by atomic mass is 10.2. The van der Waals surface area contributed by atoms with E-state index in [4.69, 9.17) is 11.6 Å². The highest BCUT2D eigenvalue weighted by Gasteiger charge is 2.32. The first kappa shape index (κ1) is 19.2. The molecule has 0 saturated carbocycles. The summed E-state index contributed by atoms with van der Waals surface area (Å²) < 4.78 is 0. The standard InChI is InChI=1S/C21H24ClN3O2/c1-15(2)24(13-16-6-4-3-5-7-16)21(27)23-18-12-20(26)25(14-18)19-10-8-17(22)9-11-19/h3-11,15,18H,12-14H2,1-2H3,(H,23,27)/t18-/m0/s1. The Morgan fingerprint density at radius 1 is 1.19 bits per heavy atom. The average molecular weight is 386 g/mol. The molecular formula is C21H24ClN3O2. The molecule has 1 heterocycles. The van der Waals surface area contributed by atoms with Gasteiger partial charge in [0.15, 0.2) is 0 Å². The van der Waals surface area contributed by atoms with Crippen LogP contribution in [0.1, 0.15) is 25.8 Å². The Balaban J connectivity index is 1.64. The van der Waals surface area contributed by atoms with Gasteiger partial charge in [-0.15, -0.1) is 0 Å². The highest BCUT2D eigenvalue weighted by Crippen LogP contribution is 2.23. The van der Waals surface area contributed by atoms with Crippen LogP contribution in [-0.2, 0) is 11.3 Å². The SMILES string of the molecule is CC(C)N(Cc1ccccc1)C(=O)N[C@H]1CC(=O)N(c2ccc(Cl)cc2)C1. The van der Waals surface area contributed by atoms with Crippen molar-refractivity contribution in [3.63, 3.8) is 0 Å². The molecule has 0 aromatic heterocycles. The minimum atomic E-state index is -0.210. The van der Waals surface area contributed by atoms with Crippen LogP contribution in [0.2, 0.25) is 5.02 Å². The van der Waals surface area contributed by atoms with E-state index in [1.807, 2.05) is 56.3 Å². The zero-order valence-corrected chi connectivity index (χ0v) is 16.3. The molecule has 3 rings (SSSR count). The van der Waals surface area contributed by atoms with Crippen LogP contribution >= 0.6 is 11.6 Å². The monoisotopic (exact) mass is 385 g/mol. The van der Waals surface area contributed by atoms with E-state index in [0.717, 1.165) is 11.3 Å². The predicted octanol–water partition coefficient (Wildman–Crippen LogP) is 4.07. The van der Waals surface area contributed by atoms with E-state index < -0.39 is 0 Å². The van der Waals surface area contributed by atoms with Gasteiger partial charge in [-0.3, -0.25) is 4.79 Å². The fourth-order valence-corrected chi connectivity index (χ4v) is 3.33. The number of rotatable bonds is 5. The summed E-state index contributed by atoms with van der Waals surface area (Å²) in [5.41, 5.74) is 1.87. The number of amides is 3. The van der Waals surface area contributed by atoms with E-state index >= 15 is 0 Å². The number of urea groups is 1. The number of nitrogens with zero attached hydrogens (tertiary/aromatic N) is 2. The van der Waals surface area contributed by atoms with Gasteiger partial charge >= 0.3 is 6.03 Å². The zero-order valence-electron chi connectivity index (χ0n) is 15.6. The highest BCUT2D eigenvalue weighted by molar-refractivity contribution is 6.30. The summed E-state index contributed by atoms with van der Waals surface area (Å²) in [4.78, 5) is 28.7. The second-order valence-corrected chi connectivity index (χ2v) is 7.47. The summed E-state index contributed by atoms with van der Waals surface area (Å²) >= 11 is 5.92. The Hall–Kier alpha value is -2.53. The van der Waals surface area contributed by atoms with E-state index in [1.165, 1.54) is 0 Å². The van der Waals surface area contributed by atoms with Gasteiger partial charge in [0.1, 0.15) is 0 Å². The number of halogens is 1. The molecule has 1 atom stereocenters. The van der Waals surface area contributed by atoms with E-state index in [9.17, 15) is 9.59 Å². The maximum Gasteiger partial charge on any atom is 0.318 e. The Morgan fingerprint density at radius 3 is 2.48 bits per heavy atom. The van der Waals surface area contributed by atoms with Crippen molar-refractivity contribution in [2.45, 2.75) is 38.9 Å². The molecule has 1 saturated heterocycles. The summed E-state index contributed by atoms with van der Waals surface area (Å²) in [7, 11) is 0. The van der Waals surface area contributed by atoms with Crippen LogP contribution < -0.4 is 10.2 Å². The van der Waals surface area contributed by atoms with Crippen molar-refractivity contribution in [1.82, 2.24) is 10.2 Å². The van der Waals surface area contributed by atoms with Crippen LogP contribution in [-0.4, -0.2) is 35.5 Å². The molecule has 0 bridgehead atoms. The lowest BCUT2D eigenvalue weighted by Gasteiger charge is -2.28. The molecule has 27 heavy (non-hydrogen) atoms. The maximum atomic E-state index is 12.8. The lowest BCUT2D eigenvalue weighted by Crippen LogP contribution is -2.48. The van der Waals surface area contributed by atoms with Crippen molar-refractivity contribution < 1.29 is 9.59 Å². The van der Waals surface area contributed by atoms with Gasteiger partial charge in [0.25, 0.3) is 0 Å². The number of hydrogen-bond acceptors (Lipinski definition) is 2. The van der Waals surface area contributed by atoms with Gasteiger partial charge in [-0.2, -0.15) is 0 Å². The predicted molar refractivity (Wildman–Crippen MR) is 108 cm³/mol. The smallest absolute Gasteiger partial charge is 0.318 e. The van der Waals surface area contributed by atoms with Crippen molar-refractivity contribution in [2.24, 2.45) is 0 Å². The first-order valence-corrected chi connectivity index (χ1v) is 9.49. The third-order valence-electron chi connectivity index (χ3n) is 4.67. The first-order valence-electron chi connectivity index (χ1n) is 9.11. The summed E-state index contributed by atoms with van der Waals surface area (Å²) in [5.74, 6) is 0.00165. The van der Waals surface area contributed by atoms with Crippen LogP contribution in [0.3, 0.4) is 0 Å². The topological polar surface area (TPSA) is 52.7 Å². The third-order valence-corrected chi connectivity index (χ3v) is 4.92. The number of hydrogen-bond donors (Lipinski definition) is 1. The molecule has 2 aromatic rings. The van der Waals surface area contributed by atoms with Crippen molar-refractivity contribution in [3.8, 4) is 0 Å². The second kappa shape index (κ2) is 8.44. The van der Waals surface area contributed by atoms with E-state index in [1.54, 1.807) is 21.9 Å². The van der Waals surface area contributed by atoms with Crippen molar-refractivity contribution >= 4 is 29.2 Å². The molecule has 0 spiro atoms. The van der Waals surface area contributed by atoms with Gasteiger partial charge < -0.3 is 15.1 Å². The van der Waals surface area contributed by atoms with Crippen molar-refractivity contribution in [2.75, 3.05) is 11.4 Å². The Kier molecular flexibility index (Phi) is 6.01. The van der Waals surface area contributed by atoms with Crippen LogP contribution in [0, 0.1) is 0 Å². The number of nitrogens with one attached hydrogen (secondary N) is 1. The van der Waals surface area contributed by atoms with Crippen LogP contribution in [0.5, 0.6) is 0 Å². The molecule has 1 aliphatic rings. The zero-order chi connectivity index (χ0) is 19.4. The fourth-order valence-electron chi connectivity index (χ4n) is 3.20. The number of anilines is 1. The molecule has 2 aromatic carbocycles. The summed E-state index contributed by atoms with van der Waals surface area (Å²) in [6, 6.07) is 16.7. The maximum absolute atomic E-state index is 12.8. The molecular weight excluding hydrogens is 362 g/mol. The van der Waals surface area contributed by atoms with Gasteiger partial charge in [-0.25, -0.2) is 4.79 Å². The number of carbonyl (C=O) groups is 2. The van der Waals surface area contributed by atoms with Gasteiger partial charge in [-0.1, -0.05) is 41.9 Å². The molecule has 6 heteroatoms. The molecule has 5 nitrogen and oxygen atoms in total. The Bertz CT molecular complexity index is 793. The Labute approximate surface area is 164 Å². The molecule has 142 valence electrons. The Morgan fingerprint density at radius 2 is 1.85 bits per heavy atom. The number of carbonyl (C=O) groups excluding carboxylic acids is 2. The average Bonchev–Trinajstić information content (AvgIpc) is 3.01.